The van der Waals surface area contributed by atoms with Crippen molar-refractivity contribution in [2.75, 3.05) is 46.3 Å². The van der Waals surface area contributed by atoms with Crippen LogP contribution in [0.1, 0.15) is 24.4 Å². The fraction of sp³-hybridized carbons (Fsp3) is 0.647. The minimum Gasteiger partial charge on any atom is -0.317 e. The van der Waals surface area contributed by atoms with Gasteiger partial charge in [0.15, 0.2) is 0 Å². The van der Waals surface area contributed by atoms with Gasteiger partial charge in [0.1, 0.15) is 0 Å². The summed E-state index contributed by atoms with van der Waals surface area (Å²) < 4.78 is 0. The van der Waals surface area contributed by atoms with Crippen molar-refractivity contribution in [3.63, 3.8) is 0 Å². The van der Waals surface area contributed by atoms with Gasteiger partial charge >= 0.3 is 0 Å². The molecule has 1 unspecified atom stereocenters. The van der Waals surface area contributed by atoms with E-state index in [1.54, 1.807) is 0 Å². The summed E-state index contributed by atoms with van der Waals surface area (Å²) in [6, 6.07) is 11.6. The first-order valence-corrected chi connectivity index (χ1v) is 8.01. The van der Waals surface area contributed by atoms with Crippen LogP contribution in [0.2, 0.25) is 0 Å². The summed E-state index contributed by atoms with van der Waals surface area (Å²) >= 11 is 0. The van der Waals surface area contributed by atoms with Crippen molar-refractivity contribution in [3.05, 3.63) is 35.9 Å². The molecule has 2 heterocycles. The molecule has 0 bridgehead atoms. The molecule has 0 radical (unpaired) electrons. The normalized spacial score (nSPS) is 25.5. The molecule has 3 rings (SSSR count). The van der Waals surface area contributed by atoms with E-state index in [-0.39, 0.29) is 12.4 Å². The lowest BCUT2D eigenvalue weighted by atomic mass is 9.95. The third-order valence-electron chi connectivity index (χ3n) is 4.83. The van der Waals surface area contributed by atoms with E-state index in [2.05, 4.69) is 52.5 Å². The molecule has 0 spiro atoms. The first kappa shape index (κ1) is 16.8. The van der Waals surface area contributed by atoms with E-state index in [0.717, 1.165) is 12.5 Å². The molecular weight excluding hydrogens is 282 g/mol. The zero-order valence-electron chi connectivity index (χ0n) is 13.0. The highest BCUT2D eigenvalue weighted by molar-refractivity contribution is 5.85. The maximum absolute atomic E-state index is 3.48. The molecule has 3 nitrogen and oxygen atoms in total. The van der Waals surface area contributed by atoms with Crippen molar-refractivity contribution in [2.45, 2.75) is 18.9 Å². The van der Waals surface area contributed by atoms with Crippen LogP contribution < -0.4 is 5.32 Å². The molecule has 1 aromatic rings. The van der Waals surface area contributed by atoms with E-state index in [0.29, 0.717) is 6.04 Å². The van der Waals surface area contributed by atoms with Gasteiger partial charge in [-0.2, -0.15) is 0 Å². The van der Waals surface area contributed by atoms with E-state index in [9.17, 15) is 0 Å². The van der Waals surface area contributed by atoms with Crippen molar-refractivity contribution in [1.82, 2.24) is 15.1 Å². The molecular formula is C17H28ClN3. The van der Waals surface area contributed by atoms with Gasteiger partial charge in [0, 0.05) is 32.2 Å². The number of halogens is 1. The molecule has 1 aromatic carbocycles. The Morgan fingerprint density at radius 3 is 2.52 bits per heavy atom. The number of rotatable bonds is 3. The predicted octanol–water partition coefficient (Wildman–Crippen LogP) is 2.40. The molecule has 2 fully saturated rings. The van der Waals surface area contributed by atoms with Gasteiger partial charge in [-0.3, -0.25) is 4.90 Å². The number of likely N-dealkylation sites (N-methyl/N-ethyl adjacent to an activating group) is 1. The lowest BCUT2D eigenvalue weighted by Crippen LogP contribution is -2.49. The van der Waals surface area contributed by atoms with E-state index in [4.69, 9.17) is 0 Å². The summed E-state index contributed by atoms with van der Waals surface area (Å²) in [6.45, 7) is 7.25. The molecule has 0 amide bonds. The van der Waals surface area contributed by atoms with Gasteiger partial charge in [-0.05, 0) is 44.5 Å². The summed E-state index contributed by atoms with van der Waals surface area (Å²) in [4.78, 5) is 5.20. The second kappa shape index (κ2) is 8.14. The minimum absolute atomic E-state index is 0. The number of nitrogens with one attached hydrogen (secondary N) is 1. The number of piperazine rings is 1. The summed E-state index contributed by atoms with van der Waals surface area (Å²) in [7, 11) is 2.25. The Morgan fingerprint density at radius 2 is 1.81 bits per heavy atom. The van der Waals surface area contributed by atoms with Gasteiger partial charge in [0.25, 0.3) is 0 Å². The molecule has 0 saturated carbocycles. The van der Waals surface area contributed by atoms with Crippen LogP contribution in [-0.2, 0) is 0 Å². The summed E-state index contributed by atoms with van der Waals surface area (Å²) in [5.74, 6) is 0.880. The third kappa shape index (κ3) is 4.43. The van der Waals surface area contributed by atoms with Gasteiger partial charge < -0.3 is 10.2 Å². The Hall–Kier alpha value is -0.610. The van der Waals surface area contributed by atoms with Crippen LogP contribution in [0.3, 0.4) is 0 Å². The average Bonchev–Trinajstić information content (AvgIpc) is 2.51. The van der Waals surface area contributed by atoms with Gasteiger partial charge in [-0.1, -0.05) is 30.3 Å². The Labute approximate surface area is 135 Å². The van der Waals surface area contributed by atoms with E-state index >= 15 is 0 Å². The predicted molar refractivity (Wildman–Crippen MR) is 91.1 cm³/mol. The van der Waals surface area contributed by atoms with Gasteiger partial charge in [-0.15, -0.1) is 12.4 Å². The van der Waals surface area contributed by atoms with Gasteiger partial charge in [0.05, 0.1) is 0 Å². The van der Waals surface area contributed by atoms with Crippen LogP contribution in [0.25, 0.3) is 0 Å². The van der Waals surface area contributed by atoms with E-state index < -0.39 is 0 Å². The monoisotopic (exact) mass is 309 g/mol. The van der Waals surface area contributed by atoms with Crippen LogP contribution in [0.4, 0.5) is 0 Å². The van der Waals surface area contributed by atoms with Crippen molar-refractivity contribution in [1.29, 1.82) is 0 Å². The number of piperidine rings is 1. The highest BCUT2D eigenvalue weighted by Crippen LogP contribution is 2.27. The second-order valence-electron chi connectivity index (χ2n) is 6.38. The third-order valence-corrected chi connectivity index (χ3v) is 4.83. The van der Waals surface area contributed by atoms with Gasteiger partial charge in [0.2, 0.25) is 0 Å². The van der Waals surface area contributed by atoms with Crippen molar-refractivity contribution >= 4 is 12.4 Å². The number of nitrogens with zero attached hydrogens (tertiary/aromatic N) is 2. The van der Waals surface area contributed by atoms with Crippen molar-refractivity contribution in [3.8, 4) is 0 Å². The topological polar surface area (TPSA) is 18.5 Å². The first-order valence-electron chi connectivity index (χ1n) is 8.01. The summed E-state index contributed by atoms with van der Waals surface area (Å²) in [6.07, 6.45) is 2.68. The highest BCUT2D eigenvalue weighted by Gasteiger charge is 2.28. The lowest BCUT2D eigenvalue weighted by molar-refractivity contribution is 0.0697. The average molecular weight is 310 g/mol. The number of hydrogen-bond acceptors (Lipinski definition) is 3. The molecule has 118 valence electrons. The molecule has 21 heavy (non-hydrogen) atoms. The number of benzene rings is 1. The van der Waals surface area contributed by atoms with Crippen LogP contribution in [0.15, 0.2) is 30.3 Å². The Balaban J connectivity index is 0.00000161. The second-order valence-corrected chi connectivity index (χ2v) is 6.38. The van der Waals surface area contributed by atoms with Crippen LogP contribution >= 0.6 is 12.4 Å². The summed E-state index contributed by atoms with van der Waals surface area (Å²) in [5.41, 5.74) is 1.48. The minimum atomic E-state index is 0. The number of hydrogen-bond donors (Lipinski definition) is 1. The highest BCUT2D eigenvalue weighted by atomic mass is 35.5. The summed E-state index contributed by atoms with van der Waals surface area (Å²) in [5, 5.41) is 3.48. The smallest absolute Gasteiger partial charge is 0.0475 e. The molecule has 2 aliphatic heterocycles. The fourth-order valence-electron chi connectivity index (χ4n) is 3.56. The molecule has 0 aliphatic carbocycles. The van der Waals surface area contributed by atoms with Crippen LogP contribution in [-0.4, -0.2) is 56.1 Å². The van der Waals surface area contributed by atoms with Crippen molar-refractivity contribution in [2.24, 2.45) is 5.92 Å². The fourth-order valence-corrected chi connectivity index (χ4v) is 3.56. The molecule has 4 heteroatoms. The van der Waals surface area contributed by atoms with E-state index in [1.807, 2.05) is 0 Å². The quantitative estimate of drug-likeness (QED) is 0.925. The van der Waals surface area contributed by atoms with Crippen molar-refractivity contribution < 1.29 is 0 Å². The zero-order chi connectivity index (χ0) is 13.8. The van der Waals surface area contributed by atoms with Crippen LogP contribution in [0.5, 0.6) is 0 Å². The zero-order valence-corrected chi connectivity index (χ0v) is 13.8. The molecule has 0 aromatic heterocycles. The largest absolute Gasteiger partial charge is 0.317 e. The Kier molecular flexibility index (Phi) is 6.49. The molecule has 2 saturated heterocycles. The molecule has 1 N–H and O–H groups in total. The van der Waals surface area contributed by atoms with E-state index in [1.165, 1.54) is 51.1 Å². The Bertz CT molecular complexity index is 406. The Morgan fingerprint density at radius 1 is 1.10 bits per heavy atom. The maximum atomic E-state index is 3.48. The van der Waals surface area contributed by atoms with Gasteiger partial charge in [-0.25, -0.2) is 0 Å². The van der Waals surface area contributed by atoms with Crippen LogP contribution in [0, 0.1) is 5.92 Å². The maximum Gasteiger partial charge on any atom is 0.0475 e. The molecule has 1 atom stereocenters. The SMILES string of the molecule is CN1CCN(CC2CCNCC2)C(c2ccccc2)C1.Cl. The first-order chi connectivity index (χ1) is 9.83. The molecule has 2 aliphatic rings. The lowest BCUT2D eigenvalue weighted by Gasteiger charge is -2.42. The standard InChI is InChI=1S/C17H27N3.ClH/c1-19-11-12-20(13-15-7-9-18-10-8-15)17(14-19)16-5-3-2-4-6-16;/h2-6,15,17-18H,7-14H2,1H3;1H.